The average Bonchev–Trinajstić information content (AvgIpc) is 3.09. The number of likely N-dealkylation sites (tertiary alicyclic amines) is 1. The largest absolute Gasteiger partial charge is 0.341 e. The molecule has 1 atom stereocenters. The van der Waals surface area contributed by atoms with Gasteiger partial charge in [-0.1, -0.05) is 34.6 Å². The Kier molecular flexibility index (Phi) is 10.0. The van der Waals surface area contributed by atoms with E-state index in [0.717, 1.165) is 51.2 Å². The molecule has 0 bridgehead atoms. The van der Waals surface area contributed by atoms with Crippen molar-refractivity contribution in [2.24, 2.45) is 24.8 Å². The summed E-state index contributed by atoms with van der Waals surface area (Å²) in [5, 5.41) is 7.52. The first-order valence-electron chi connectivity index (χ1n) is 11.9. The van der Waals surface area contributed by atoms with Crippen molar-refractivity contribution in [2.75, 3.05) is 32.7 Å². The van der Waals surface area contributed by atoms with Gasteiger partial charge in [0, 0.05) is 45.1 Å². The predicted molar refractivity (Wildman–Crippen MR) is 125 cm³/mol. The lowest BCUT2D eigenvalue weighted by Crippen LogP contribution is -2.57. The third-order valence-electron chi connectivity index (χ3n) is 5.80. The monoisotopic (exact) mass is 433 g/mol. The van der Waals surface area contributed by atoms with Crippen LogP contribution in [0.3, 0.4) is 0 Å². The zero-order valence-corrected chi connectivity index (χ0v) is 20.4. The van der Waals surface area contributed by atoms with Crippen molar-refractivity contribution in [2.45, 2.75) is 66.3 Å². The number of hydrogen-bond acceptors (Lipinski definition) is 4. The molecule has 0 aromatic carbocycles. The van der Waals surface area contributed by atoms with E-state index in [1.54, 1.807) is 4.90 Å². The highest BCUT2D eigenvalue weighted by atomic mass is 16.2. The third kappa shape index (κ3) is 8.28. The molecule has 0 saturated carbocycles. The summed E-state index contributed by atoms with van der Waals surface area (Å²) in [7, 11) is 1.98. The van der Waals surface area contributed by atoms with Gasteiger partial charge in [0.1, 0.15) is 0 Å². The lowest BCUT2D eigenvalue weighted by molar-refractivity contribution is -0.144. The van der Waals surface area contributed by atoms with Crippen molar-refractivity contribution in [1.82, 2.24) is 24.9 Å². The van der Waals surface area contributed by atoms with E-state index in [1.807, 2.05) is 22.8 Å². The number of carbonyl (C=O) groups excluding carboxylic acids is 2. The number of piperidine rings is 1. The molecule has 0 radical (unpaired) electrons. The second-order valence-corrected chi connectivity index (χ2v) is 10.1. The highest BCUT2D eigenvalue weighted by molar-refractivity contribution is 5.88. The number of aromatic nitrogens is 2. The first kappa shape index (κ1) is 25.4. The van der Waals surface area contributed by atoms with E-state index in [9.17, 15) is 9.59 Å². The van der Waals surface area contributed by atoms with Crippen molar-refractivity contribution in [3.8, 4) is 0 Å². The fraction of sp³-hybridized carbons (Fsp3) is 0.792. The Hall–Kier alpha value is -1.89. The Balaban J connectivity index is 0.000000785. The normalized spacial score (nSPS) is 20.3. The molecule has 1 unspecified atom stereocenters. The molecule has 0 spiro atoms. The fourth-order valence-corrected chi connectivity index (χ4v) is 4.15. The summed E-state index contributed by atoms with van der Waals surface area (Å²) in [4.78, 5) is 29.0. The van der Waals surface area contributed by atoms with Crippen LogP contribution in [0.25, 0.3) is 0 Å². The molecule has 2 aliphatic rings. The second kappa shape index (κ2) is 12.2. The van der Waals surface area contributed by atoms with Gasteiger partial charge in [0.25, 0.3) is 0 Å². The van der Waals surface area contributed by atoms with Crippen LogP contribution >= 0.6 is 0 Å². The minimum atomic E-state index is -0.142. The first-order valence-corrected chi connectivity index (χ1v) is 11.9. The molecule has 7 nitrogen and oxygen atoms in total. The molecule has 1 aromatic rings. The van der Waals surface area contributed by atoms with Crippen LogP contribution in [0.1, 0.15) is 59.6 Å². The number of rotatable bonds is 6. The molecule has 0 aliphatic carbocycles. The molecule has 2 fully saturated rings. The van der Waals surface area contributed by atoms with Crippen LogP contribution < -0.4 is 5.32 Å². The third-order valence-corrected chi connectivity index (χ3v) is 5.80. The highest BCUT2D eigenvalue weighted by Crippen LogP contribution is 2.22. The Labute approximate surface area is 188 Å². The zero-order chi connectivity index (χ0) is 23.0. The molecule has 176 valence electrons. The number of nitrogens with zero attached hydrogens (tertiary/aromatic N) is 4. The van der Waals surface area contributed by atoms with Crippen LogP contribution in [0.5, 0.6) is 0 Å². The molecule has 2 amide bonds. The Morgan fingerprint density at radius 2 is 1.81 bits per heavy atom. The van der Waals surface area contributed by atoms with Gasteiger partial charge in [0.2, 0.25) is 11.8 Å². The number of nitrogens with one attached hydrogen (secondary N) is 1. The van der Waals surface area contributed by atoms with Gasteiger partial charge < -0.3 is 15.1 Å². The Morgan fingerprint density at radius 1 is 1.16 bits per heavy atom. The number of hydrogen-bond donors (Lipinski definition) is 1. The maximum atomic E-state index is 12.7. The summed E-state index contributed by atoms with van der Waals surface area (Å²) in [5.74, 6) is 2.06. The number of carbonyl (C=O) groups is 2. The summed E-state index contributed by atoms with van der Waals surface area (Å²) in [6.07, 6.45) is 5.71. The van der Waals surface area contributed by atoms with Gasteiger partial charge in [-0.25, -0.2) is 0 Å². The standard InChI is InChI=1S/C20H33N5O2.C4H10/c1-15(2)12-18-20(27)25(11-8-21-18)14-19(26)24-9-5-16(6-10-24)13-17-4-7-22-23(17)3;1-4(2)3/h4,7,15-16,18,21H,5-6,8-14H2,1-3H3;4H,1-3H3. The van der Waals surface area contributed by atoms with Gasteiger partial charge in [-0.3, -0.25) is 14.3 Å². The number of aryl methyl sites for hydroxylation is 1. The number of piperazine rings is 1. The molecular formula is C24H43N5O2. The van der Waals surface area contributed by atoms with E-state index in [0.29, 0.717) is 18.4 Å². The van der Waals surface area contributed by atoms with Crippen molar-refractivity contribution < 1.29 is 9.59 Å². The van der Waals surface area contributed by atoms with E-state index in [4.69, 9.17) is 0 Å². The van der Waals surface area contributed by atoms with Crippen molar-refractivity contribution in [3.05, 3.63) is 18.0 Å². The lowest BCUT2D eigenvalue weighted by Gasteiger charge is -2.36. The van der Waals surface area contributed by atoms with Gasteiger partial charge in [0.15, 0.2) is 0 Å². The summed E-state index contributed by atoms with van der Waals surface area (Å²) in [6, 6.07) is 1.93. The SMILES string of the molecule is CC(C)C.CC(C)CC1NCCN(CC(=O)N2CCC(Cc3ccnn3C)CC2)C1=O. The minimum Gasteiger partial charge on any atom is -0.341 e. The predicted octanol–water partition coefficient (Wildman–Crippen LogP) is 2.71. The maximum Gasteiger partial charge on any atom is 0.242 e. The van der Waals surface area contributed by atoms with E-state index >= 15 is 0 Å². The van der Waals surface area contributed by atoms with E-state index in [-0.39, 0.29) is 24.4 Å². The average molecular weight is 434 g/mol. The van der Waals surface area contributed by atoms with Gasteiger partial charge in [-0.15, -0.1) is 0 Å². The van der Waals surface area contributed by atoms with Gasteiger partial charge in [-0.2, -0.15) is 5.10 Å². The Bertz CT molecular complexity index is 689. The van der Waals surface area contributed by atoms with Crippen LogP contribution in [0.4, 0.5) is 0 Å². The molecule has 3 rings (SSSR count). The highest BCUT2D eigenvalue weighted by Gasteiger charge is 2.31. The van der Waals surface area contributed by atoms with Crippen LogP contribution in [-0.4, -0.2) is 70.2 Å². The molecular weight excluding hydrogens is 390 g/mol. The molecule has 3 heterocycles. The second-order valence-electron chi connectivity index (χ2n) is 10.1. The van der Waals surface area contributed by atoms with Crippen LogP contribution in [-0.2, 0) is 23.1 Å². The minimum absolute atomic E-state index is 0.0781. The fourth-order valence-electron chi connectivity index (χ4n) is 4.15. The molecule has 1 N–H and O–H groups in total. The summed E-state index contributed by atoms with van der Waals surface area (Å²) in [5.41, 5.74) is 1.25. The molecule has 31 heavy (non-hydrogen) atoms. The smallest absolute Gasteiger partial charge is 0.242 e. The maximum absolute atomic E-state index is 12.7. The zero-order valence-electron chi connectivity index (χ0n) is 20.4. The van der Waals surface area contributed by atoms with E-state index in [2.05, 4.69) is 51.1 Å². The molecule has 2 aliphatic heterocycles. The van der Waals surface area contributed by atoms with Gasteiger partial charge in [0.05, 0.1) is 12.6 Å². The first-order chi connectivity index (χ1) is 14.7. The van der Waals surface area contributed by atoms with Crippen molar-refractivity contribution >= 4 is 11.8 Å². The van der Waals surface area contributed by atoms with Crippen LogP contribution in [0, 0.1) is 17.8 Å². The van der Waals surface area contributed by atoms with Crippen LogP contribution in [0.15, 0.2) is 12.3 Å². The van der Waals surface area contributed by atoms with E-state index in [1.165, 1.54) is 5.69 Å². The van der Waals surface area contributed by atoms with Gasteiger partial charge >= 0.3 is 0 Å². The van der Waals surface area contributed by atoms with Crippen molar-refractivity contribution in [3.63, 3.8) is 0 Å². The summed E-state index contributed by atoms with van der Waals surface area (Å²) in [6.45, 7) is 13.9. The van der Waals surface area contributed by atoms with E-state index < -0.39 is 0 Å². The topological polar surface area (TPSA) is 70.5 Å². The van der Waals surface area contributed by atoms with Gasteiger partial charge in [-0.05, 0) is 49.5 Å². The summed E-state index contributed by atoms with van der Waals surface area (Å²) >= 11 is 0. The lowest BCUT2D eigenvalue weighted by atomic mass is 9.92. The van der Waals surface area contributed by atoms with Crippen molar-refractivity contribution in [1.29, 1.82) is 0 Å². The quantitative estimate of drug-likeness (QED) is 0.749. The number of amides is 2. The molecule has 7 heteroatoms. The molecule has 1 aromatic heterocycles. The Morgan fingerprint density at radius 3 is 2.35 bits per heavy atom. The molecule has 2 saturated heterocycles. The summed E-state index contributed by atoms with van der Waals surface area (Å²) < 4.78 is 1.93. The van der Waals surface area contributed by atoms with Crippen LogP contribution in [0.2, 0.25) is 0 Å².